The highest BCUT2D eigenvalue weighted by molar-refractivity contribution is 6.24. The van der Waals surface area contributed by atoms with Crippen LogP contribution in [0.3, 0.4) is 0 Å². The van der Waals surface area contributed by atoms with Crippen LogP contribution in [0.25, 0.3) is 65.9 Å². The van der Waals surface area contributed by atoms with Crippen molar-refractivity contribution in [3.63, 3.8) is 0 Å². The molecular weight excluding hydrogens is 755 g/mol. The quantitative estimate of drug-likeness (QED) is 0.153. The Morgan fingerprint density at radius 3 is 1.18 bits per heavy atom. The van der Waals surface area contributed by atoms with Crippen LogP contribution in [0.15, 0.2) is 237 Å². The Morgan fingerprint density at radius 1 is 0.306 bits per heavy atom. The topological polar surface area (TPSA) is 29.2 Å². The number of benzene rings is 9. The Balaban J connectivity index is 1.19. The summed E-state index contributed by atoms with van der Waals surface area (Å²) < 4.78 is 4.89. The van der Waals surface area contributed by atoms with Crippen molar-refractivity contribution in [2.75, 3.05) is 9.80 Å². The van der Waals surface area contributed by atoms with Gasteiger partial charge in [0.2, 0.25) is 0 Å². The first-order chi connectivity index (χ1) is 30.8. The summed E-state index contributed by atoms with van der Waals surface area (Å²) in [5.74, 6) is 0. The third kappa shape index (κ3) is 5.82. The van der Waals surface area contributed by atoms with Crippen LogP contribution in [-0.4, -0.2) is 14.1 Å². The highest BCUT2D eigenvalue weighted by Crippen LogP contribution is 2.46. The first-order valence-electron chi connectivity index (χ1n) is 21.0. The Kier molecular flexibility index (Phi) is 8.42. The largest absolute Gasteiger partial charge is 0.310 e. The monoisotopic (exact) mass is 793 g/mol. The average molecular weight is 794 g/mol. The number of rotatable bonds is 8. The summed E-state index contributed by atoms with van der Waals surface area (Å²) in [5.41, 5.74) is 14.2. The van der Waals surface area contributed by atoms with E-state index in [9.17, 15) is 0 Å². The molecule has 0 amide bonds. The van der Waals surface area contributed by atoms with E-state index in [0.717, 1.165) is 83.9 Å². The minimum Gasteiger partial charge on any atom is -0.310 e. The SMILES string of the molecule is c1ccc(N(c2ccccc2)c2ccc3c(c2)c2ccc4c5cc(N(c6ccccc6)c6ccccc6)ccc5n(-c5cnc6ccccc6c5)c4c2n3-c2ccccc2)cc1. The van der Waals surface area contributed by atoms with Gasteiger partial charge in [0.25, 0.3) is 0 Å². The van der Waals surface area contributed by atoms with E-state index in [-0.39, 0.29) is 0 Å². The smallest absolute Gasteiger partial charge is 0.0789 e. The standard InChI is InChI=1S/C57H39N5/c1-6-19-41(20-7-1)59(42-21-8-2-9-22-42)46-30-34-54-51(37-46)49-32-33-50-52-38-47(60(43-23-10-3-11-24-43)44-25-12-4-13-26-44)31-35-55(52)62(48-36-40-18-16-17-29-53(40)58-39-48)57(50)56(49)61(54)45-27-14-5-15-28-45/h1-39H. The van der Waals surface area contributed by atoms with E-state index in [2.05, 4.69) is 249 Å². The van der Waals surface area contributed by atoms with Gasteiger partial charge in [-0.3, -0.25) is 4.98 Å². The fourth-order valence-corrected chi connectivity index (χ4v) is 9.35. The average Bonchev–Trinajstić information content (AvgIpc) is 3.86. The second-order valence-corrected chi connectivity index (χ2v) is 15.7. The van der Waals surface area contributed by atoms with Gasteiger partial charge in [-0.2, -0.15) is 0 Å². The molecule has 5 nitrogen and oxygen atoms in total. The van der Waals surface area contributed by atoms with Gasteiger partial charge in [-0.15, -0.1) is 0 Å². The summed E-state index contributed by atoms with van der Waals surface area (Å²) in [6, 6.07) is 82.4. The molecule has 0 fully saturated rings. The maximum atomic E-state index is 5.03. The molecule has 0 spiro atoms. The number of hydrogen-bond donors (Lipinski definition) is 0. The molecule has 0 radical (unpaired) electrons. The van der Waals surface area contributed by atoms with Crippen molar-refractivity contribution in [3.05, 3.63) is 237 Å². The second kappa shape index (κ2) is 14.7. The summed E-state index contributed by atoms with van der Waals surface area (Å²) in [5, 5.41) is 5.77. The van der Waals surface area contributed by atoms with Crippen molar-refractivity contribution < 1.29 is 0 Å². The molecule has 3 aromatic heterocycles. The Hall–Kier alpha value is -8.41. The van der Waals surface area contributed by atoms with E-state index in [1.807, 2.05) is 6.20 Å². The maximum absolute atomic E-state index is 5.03. The molecule has 12 aromatic rings. The maximum Gasteiger partial charge on any atom is 0.0789 e. The number of nitrogens with zero attached hydrogens (tertiary/aromatic N) is 5. The van der Waals surface area contributed by atoms with Crippen LogP contribution in [0.4, 0.5) is 34.1 Å². The summed E-state index contributed by atoms with van der Waals surface area (Å²) >= 11 is 0. The number of hydrogen-bond acceptors (Lipinski definition) is 3. The highest BCUT2D eigenvalue weighted by atomic mass is 15.2. The minimum atomic E-state index is 0.970. The molecule has 62 heavy (non-hydrogen) atoms. The lowest BCUT2D eigenvalue weighted by atomic mass is 10.1. The third-order valence-corrected chi connectivity index (χ3v) is 12.0. The van der Waals surface area contributed by atoms with Crippen molar-refractivity contribution in [2.24, 2.45) is 0 Å². The molecule has 0 saturated heterocycles. The van der Waals surface area contributed by atoms with E-state index in [1.54, 1.807) is 0 Å². The van der Waals surface area contributed by atoms with E-state index in [0.29, 0.717) is 0 Å². The van der Waals surface area contributed by atoms with Crippen molar-refractivity contribution in [2.45, 2.75) is 0 Å². The summed E-state index contributed by atoms with van der Waals surface area (Å²) in [7, 11) is 0. The zero-order chi connectivity index (χ0) is 41.0. The molecule has 0 saturated carbocycles. The molecule has 0 aliphatic heterocycles. The normalized spacial score (nSPS) is 11.5. The molecule has 12 rings (SSSR count). The minimum absolute atomic E-state index is 0.970. The van der Waals surface area contributed by atoms with E-state index >= 15 is 0 Å². The molecule has 0 aliphatic rings. The Bertz CT molecular complexity index is 3480. The van der Waals surface area contributed by atoms with Crippen molar-refractivity contribution in [1.29, 1.82) is 0 Å². The predicted octanol–water partition coefficient (Wildman–Crippen LogP) is 15.4. The van der Waals surface area contributed by atoms with Gasteiger partial charge in [-0.1, -0.05) is 121 Å². The van der Waals surface area contributed by atoms with Gasteiger partial charge in [-0.25, -0.2) is 0 Å². The first kappa shape index (κ1) is 35.5. The Morgan fingerprint density at radius 2 is 0.710 bits per heavy atom. The molecule has 9 aromatic carbocycles. The zero-order valence-electron chi connectivity index (χ0n) is 33.8. The molecule has 292 valence electrons. The van der Waals surface area contributed by atoms with Gasteiger partial charge < -0.3 is 18.9 Å². The van der Waals surface area contributed by atoms with E-state index in [1.165, 1.54) is 16.2 Å². The number of pyridine rings is 1. The first-order valence-corrected chi connectivity index (χ1v) is 21.0. The van der Waals surface area contributed by atoms with Crippen molar-refractivity contribution >= 4 is 88.6 Å². The number of anilines is 6. The third-order valence-electron chi connectivity index (χ3n) is 12.0. The van der Waals surface area contributed by atoms with Crippen LogP contribution in [-0.2, 0) is 0 Å². The van der Waals surface area contributed by atoms with Gasteiger partial charge in [-0.05, 0) is 109 Å². The summed E-state index contributed by atoms with van der Waals surface area (Å²) in [6.07, 6.45) is 2.03. The lowest BCUT2D eigenvalue weighted by Gasteiger charge is -2.25. The summed E-state index contributed by atoms with van der Waals surface area (Å²) in [4.78, 5) is 9.71. The lowest BCUT2D eigenvalue weighted by Crippen LogP contribution is -2.09. The molecular formula is C57H39N5. The van der Waals surface area contributed by atoms with Crippen LogP contribution in [0.5, 0.6) is 0 Å². The number of para-hydroxylation sites is 6. The van der Waals surface area contributed by atoms with Crippen molar-refractivity contribution in [1.82, 2.24) is 14.1 Å². The second-order valence-electron chi connectivity index (χ2n) is 15.7. The Labute approximate surface area is 359 Å². The molecule has 0 atom stereocenters. The fraction of sp³-hybridized carbons (Fsp3) is 0. The fourth-order valence-electron chi connectivity index (χ4n) is 9.35. The van der Waals surface area contributed by atoms with Crippen molar-refractivity contribution in [3.8, 4) is 11.4 Å². The lowest BCUT2D eigenvalue weighted by molar-refractivity contribution is 1.14. The van der Waals surface area contributed by atoms with Gasteiger partial charge in [0, 0.05) is 66.7 Å². The van der Waals surface area contributed by atoms with Gasteiger partial charge >= 0.3 is 0 Å². The van der Waals surface area contributed by atoms with E-state index in [4.69, 9.17) is 4.98 Å². The van der Waals surface area contributed by atoms with E-state index < -0.39 is 0 Å². The van der Waals surface area contributed by atoms with Crippen LogP contribution in [0.2, 0.25) is 0 Å². The highest BCUT2D eigenvalue weighted by Gasteiger charge is 2.24. The van der Waals surface area contributed by atoms with Crippen LogP contribution in [0.1, 0.15) is 0 Å². The number of aromatic nitrogens is 3. The van der Waals surface area contributed by atoms with Gasteiger partial charge in [0.15, 0.2) is 0 Å². The molecule has 0 N–H and O–H groups in total. The van der Waals surface area contributed by atoms with Crippen LogP contribution < -0.4 is 9.80 Å². The molecule has 0 bridgehead atoms. The van der Waals surface area contributed by atoms with Gasteiger partial charge in [0.05, 0.1) is 39.5 Å². The summed E-state index contributed by atoms with van der Waals surface area (Å²) in [6.45, 7) is 0. The predicted molar refractivity (Wildman–Crippen MR) is 260 cm³/mol. The molecule has 5 heteroatoms. The molecule has 0 unspecified atom stereocenters. The van der Waals surface area contributed by atoms with Crippen LogP contribution >= 0.6 is 0 Å². The van der Waals surface area contributed by atoms with Gasteiger partial charge in [0.1, 0.15) is 0 Å². The molecule has 3 heterocycles. The molecule has 0 aliphatic carbocycles. The van der Waals surface area contributed by atoms with Crippen LogP contribution in [0, 0.1) is 0 Å². The zero-order valence-corrected chi connectivity index (χ0v) is 33.8. The number of fused-ring (bicyclic) bond motifs is 8.